The van der Waals surface area contributed by atoms with Crippen molar-refractivity contribution in [1.82, 2.24) is 36.2 Å². The number of nitrogens with zero attached hydrogens (tertiary/aromatic N) is 5. The van der Waals surface area contributed by atoms with Gasteiger partial charge in [0.05, 0.1) is 18.4 Å². The van der Waals surface area contributed by atoms with Crippen molar-refractivity contribution in [3.05, 3.63) is 54.6 Å². The van der Waals surface area contributed by atoms with Gasteiger partial charge in [0.15, 0.2) is 5.01 Å². The van der Waals surface area contributed by atoms with Crippen molar-refractivity contribution in [2.24, 2.45) is 0 Å². The predicted molar refractivity (Wildman–Crippen MR) is 121 cm³/mol. The molecule has 0 fully saturated rings. The summed E-state index contributed by atoms with van der Waals surface area (Å²) in [6.07, 6.45) is -0.765. The van der Waals surface area contributed by atoms with Crippen LogP contribution >= 0.6 is 11.3 Å². The minimum Gasteiger partial charge on any atom is -0.372 e. The molecule has 0 radical (unpaired) electrons. The van der Waals surface area contributed by atoms with E-state index in [1.54, 1.807) is 18.3 Å². The van der Waals surface area contributed by atoms with Gasteiger partial charge >= 0.3 is 18.1 Å². The predicted octanol–water partition coefficient (Wildman–Crippen LogP) is 2.57. The SMILES string of the molecule is O=C(NOC(=O)C(F)(F)F)C1=CNCN1c1ccnc(-c2nnc(Nc3ccc4[nH]ncc4c3)s2)c1. The molecular weight excluding hydrogens is 503 g/mol. The van der Waals surface area contributed by atoms with Crippen molar-refractivity contribution in [1.29, 1.82) is 0 Å². The van der Waals surface area contributed by atoms with E-state index in [9.17, 15) is 22.8 Å². The van der Waals surface area contributed by atoms with Crippen molar-refractivity contribution in [3.8, 4) is 10.7 Å². The van der Waals surface area contributed by atoms with E-state index in [2.05, 4.69) is 40.8 Å². The summed E-state index contributed by atoms with van der Waals surface area (Å²) in [7, 11) is 0. The Labute approximate surface area is 203 Å². The fourth-order valence-corrected chi connectivity index (χ4v) is 3.97. The van der Waals surface area contributed by atoms with Gasteiger partial charge in [0, 0.05) is 29.2 Å². The Balaban J connectivity index is 1.29. The fourth-order valence-electron chi connectivity index (χ4n) is 3.24. The zero-order chi connectivity index (χ0) is 25.3. The van der Waals surface area contributed by atoms with Gasteiger partial charge in [0.25, 0.3) is 0 Å². The number of hydrogen-bond acceptors (Lipinski definition) is 11. The second-order valence-electron chi connectivity index (χ2n) is 7.25. The quantitative estimate of drug-likeness (QED) is 0.291. The molecule has 36 heavy (non-hydrogen) atoms. The van der Waals surface area contributed by atoms with Crippen molar-refractivity contribution in [2.45, 2.75) is 6.18 Å². The molecule has 1 aliphatic heterocycles. The topological polar surface area (TPSA) is 150 Å². The lowest BCUT2D eigenvalue weighted by molar-refractivity contribution is -0.207. The molecule has 0 saturated heterocycles. The number of carbonyl (C=O) groups excluding carboxylic acids is 2. The fraction of sp³-hybridized carbons (Fsp3) is 0.100. The van der Waals surface area contributed by atoms with Gasteiger partial charge in [0.2, 0.25) is 5.13 Å². The molecule has 0 saturated carbocycles. The van der Waals surface area contributed by atoms with Crippen molar-refractivity contribution < 1.29 is 27.6 Å². The molecule has 1 amide bonds. The summed E-state index contributed by atoms with van der Waals surface area (Å²) in [5.74, 6) is -3.58. The van der Waals surface area contributed by atoms with Crippen molar-refractivity contribution in [3.63, 3.8) is 0 Å². The van der Waals surface area contributed by atoms with Gasteiger partial charge < -0.3 is 20.4 Å². The summed E-state index contributed by atoms with van der Waals surface area (Å²) in [5.41, 5.74) is 4.07. The molecular formula is C20H14F3N9O3S. The number of hydrogen-bond donors (Lipinski definition) is 4. The van der Waals surface area contributed by atoms with Crippen molar-refractivity contribution >= 4 is 50.6 Å². The number of benzene rings is 1. The summed E-state index contributed by atoms with van der Waals surface area (Å²) in [6, 6.07) is 8.89. The van der Waals surface area contributed by atoms with Crippen LogP contribution in [0.15, 0.2) is 54.6 Å². The zero-order valence-corrected chi connectivity index (χ0v) is 18.6. The van der Waals surface area contributed by atoms with E-state index in [0.29, 0.717) is 21.5 Å². The zero-order valence-electron chi connectivity index (χ0n) is 17.8. The van der Waals surface area contributed by atoms with Crippen LogP contribution in [0.4, 0.5) is 29.7 Å². The number of aromatic nitrogens is 5. The summed E-state index contributed by atoms with van der Waals surface area (Å²) in [5, 5.41) is 23.1. The summed E-state index contributed by atoms with van der Waals surface area (Å²) in [4.78, 5) is 32.7. The van der Waals surface area contributed by atoms with Gasteiger partial charge in [-0.1, -0.05) is 11.3 Å². The number of halogens is 3. The van der Waals surface area contributed by atoms with E-state index in [1.165, 1.54) is 34.1 Å². The van der Waals surface area contributed by atoms with Gasteiger partial charge in [-0.15, -0.1) is 10.2 Å². The number of carbonyl (C=O) groups is 2. The number of pyridine rings is 1. The number of aromatic amines is 1. The molecule has 3 aromatic heterocycles. The number of anilines is 3. The molecule has 1 aliphatic rings. The highest BCUT2D eigenvalue weighted by molar-refractivity contribution is 7.18. The number of rotatable bonds is 5. The summed E-state index contributed by atoms with van der Waals surface area (Å²) >= 11 is 1.25. The van der Waals surface area contributed by atoms with Crippen LogP contribution in [-0.2, 0) is 14.4 Å². The van der Waals surface area contributed by atoms with Gasteiger partial charge in [-0.2, -0.15) is 23.8 Å². The highest BCUT2D eigenvalue weighted by Gasteiger charge is 2.42. The van der Waals surface area contributed by atoms with Gasteiger partial charge in [-0.3, -0.25) is 14.9 Å². The third-order valence-electron chi connectivity index (χ3n) is 4.87. The van der Waals surface area contributed by atoms with Crippen LogP contribution in [0.1, 0.15) is 0 Å². The molecule has 12 nitrogen and oxygen atoms in total. The maximum absolute atomic E-state index is 12.3. The third-order valence-corrected chi connectivity index (χ3v) is 5.73. The number of fused-ring (bicyclic) bond motifs is 1. The van der Waals surface area contributed by atoms with E-state index < -0.39 is 18.1 Å². The van der Waals surface area contributed by atoms with Gasteiger partial charge in [-0.05, 0) is 30.3 Å². The van der Waals surface area contributed by atoms with E-state index in [-0.39, 0.29) is 12.4 Å². The monoisotopic (exact) mass is 517 g/mol. The highest BCUT2D eigenvalue weighted by atomic mass is 32.1. The maximum Gasteiger partial charge on any atom is 0.493 e. The summed E-state index contributed by atoms with van der Waals surface area (Å²) in [6.45, 7) is 0.138. The van der Waals surface area contributed by atoms with Crippen LogP contribution in [0.25, 0.3) is 21.6 Å². The normalized spacial score (nSPS) is 13.3. The highest BCUT2D eigenvalue weighted by Crippen LogP contribution is 2.31. The number of hydroxylamine groups is 1. The Bertz CT molecular complexity index is 1480. The molecule has 16 heteroatoms. The van der Waals surface area contributed by atoms with E-state index in [4.69, 9.17) is 0 Å². The molecule has 184 valence electrons. The Morgan fingerprint density at radius 2 is 2.03 bits per heavy atom. The average Bonchev–Trinajstić information content (AvgIpc) is 3.62. The molecule has 0 aliphatic carbocycles. The van der Waals surface area contributed by atoms with E-state index >= 15 is 0 Å². The first-order valence-corrected chi connectivity index (χ1v) is 10.9. The van der Waals surface area contributed by atoms with Crippen LogP contribution in [0.2, 0.25) is 0 Å². The first-order valence-electron chi connectivity index (χ1n) is 10.1. The molecule has 1 aromatic carbocycles. The molecule has 0 bridgehead atoms. The number of H-pyrrole nitrogens is 1. The molecule has 5 rings (SSSR count). The van der Waals surface area contributed by atoms with Crippen molar-refractivity contribution in [2.75, 3.05) is 16.9 Å². The first kappa shape index (κ1) is 23.0. The first-order chi connectivity index (χ1) is 17.3. The Hall–Kier alpha value is -4.73. The third kappa shape index (κ3) is 4.74. The second-order valence-corrected chi connectivity index (χ2v) is 8.22. The molecule has 0 unspecified atom stereocenters. The largest absolute Gasteiger partial charge is 0.493 e. The Morgan fingerprint density at radius 3 is 2.86 bits per heavy atom. The smallest absolute Gasteiger partial charge is 0.372 e. The molecule has 0 spiro atoms. The molecule has 0 atom stereocenters. The Morgan fingerprint density at radius 1 is 1.17 bits per heavy atom. The van der Waals surface area contributed by atoms with Gasteiger partial charge in [0.1, 0.15) is 11.4 Å². The Kier molecular flexibility index (Phi) is 5.85. The molecule has 4 aromatic rings. The van der Waals surface area contributed by atoms with E-state index in [1.807, 2.05) is 18.2 Å². The minimum atomic E-state index is -5.24. The maximum atomic E-state index is 12.3. The number of amides is 1. The summed E-state index contributed by atoms with van der Waals surface area (Å²) < 4.78 is 36.9. The van der Waals surface area contributed by atoms with Crippen LogP contribution < -0.4 is 21.0 Å². The van der Waals surface area contributed by atoms with E-state index in [0.717, 1.165) is 16.6 Å². The average molecular weight is 517 g/mol. The lowest BCUT2D eigenvalue weighted by atomic mass is 10.2. The standard InChI is InChI=1S/C20H14F3N9O3S/c21-20(22,23)18(34)35-31-16(33)15-8-24-9-32(15)12-3-4-25-14(6-12)17-29-30-19(36-17)27-11-1-2-13-10(5-11)7-26-28-13/h1-8,24H,9H2,(H,26,28)(H,27,30)(H,31,33). The lowest BCUT2D eigenvalue weighted by Crippen LogP contribution is -2.38. The van der Waals surface area contributed by atoms with Crippen LogP contribution in [-0.4, -0.2) is 50.1 Å². The minimum absolute atomic E-state index is 0.0728. The second kappa shape index (κ2) is 9.14. The lowest BCUT2D eigenvalue weighted by Gasteiger charge is -2.20. The number of alkyl halides is 3. The van der Waals surface area contributed by atoms with Crippen LogP contribution in [0.3, 0.4) is 0 Å². The van der Waals surface area contributed by atoms with Gasteiger partial charge in [-0.25, -0.2) is 4.79 Å². The molecule has 4 heterocycles. The number of nitrogens with one attached hydrogen (secondary N) is 4. The van der Waals surface area contributed by atoms with Crippen LogP contribution in [0.5, 0.6) is 0 Å². The molecule has 4 N–H and O–H groups in total. The van der Waals surface area contributed by atoms with Crippen LogP contribution in [0, 0.1) is 0 Å².